The number of carbonyl (C=O) groups is 1. The molecule has 6 heteroatoms. The monoisotopic (exact) mass is 328 g/mol. The number of nitriles is 1. The third kappa shape index (κ3) is 3.36. The van der Waals surface area contributed by atoms with Crippen LogP contribution in [0.2, 0.25) is 0 Å². The molecule has 0 unspecified atom stereocenters. The molecular formula is C18H24N4O2. The third-order valence-electron chi connectivity index (χ3n) is 5.57. The van der Waals surface area contributed by atoms with E-state index < -0.39 is 11.5 Å². The summed E-state index contributed by atoms with van der Waals surface area (Å²) in [6, 6.07) is 6.94. The van der Waals surface area contributed by atoms with Crippen molar-refractivity contribution < 1.29 is 9.90 Å². The van der Waals surface area contributed by atoms with Gasteiger partial charge in [0.2, 0.25) is 0 Å². The van der Waals surface area contributed by atoms with Crippen molar-refractivity contribution in [2.75, 3.05) is 26.2 Å². The van der Waals surface area contributed by atoms with Crippen molar-refractivity contribution in [2.45, 2.75) is 43.6 Å². The van der Waals surface area contributed by atoms with E-state index in [9.17, 15) is 10.1 Å². The highest BCUT2D eigenvalue weighted by Gasteiger charge is 2.39. The molecule has 3 rings (SSSR count). The van der Waals surface area contributed by atoms with Crippen LogP contribution < -0.4 is 0 Å². The van der Waals surface area contributed by atoms with Crippen molar-refractivity contribution >= 4 is 6.09 Å². The Hall–Kier alpha value is -2.13. The Kier molecular flexibility index (Phi) is 5.00. The summed E-state index contributed by atoms with van der Waals surface area (Å²) < 4.78 is 0. The van der Waals surface area contributed by atoms with E-state index in [1.807, 2.05) is 12.1 Å². The summed E-state index contributed by atoms with van der Waals surface area (Å²) in [6.07, 6.45) is 7.28. The first-order valence-electron chi connectivity index (χ1n) is 8.68. The zero-order valence-electron chi connectivity index (χ0n) is 13.9. The van der Waals surface area contributed by atoms with Crippen LogP contribution in [0.5, 0.6) is 0 Å². The molecule has 1 saturated heterocycles. The highest BCUT2D eigenvalue weighted by atomic mass is 16.4. The molecule has 1 aromatic heterocycles. The number of hydrogen-bond donors (Lipinski definition) is 1. The van der Waals surface area contributed by atoms with Gasteiger partial charge in [0, 0.05) is 44.6 Å². The normalized spacial score (nSPS) is 28.8. The first kappa shape index (κ1) is 16.7. The van der Waals surface area contributed by atoms with Gasteiger partial charge in [-0.2, -0.15) is 5.26 Å². The van der Waals surface area contributed by atoms with E-state index in [0.29, 0.717) is 19.1 Å². The highest BCUT2D eigenvalue weighted by molar-refractivity contribution is 5.64. The Bertz CT molecular complexity index is 605. The number of aromatic nitrogens is 1. The van der Waals surface area contributed by atoms with Crippen LogP contribution in [0.1, 0.15) is 37.7 Å². The van der Waals surface area contributed by atoms with Crippen LogP contribution in [-0.4, -0.2) is 58.2 Å². The summed E-state index contributed by atoms with van der Waals surface area (Å²) in [6.45, 7) is 2.95. The summed E-state index contributed by atoms with van der Waals surface area (Å²) in [5.41, 5.74) is 0.685. The maximum absolute atomic E-state index is 11.1. The highest BCUT2D eigenvalue weighted by Crippen LogP contribution is 2.40. The average molecular weight is 328 g/mol. The van der Waals surface area contributed by atoms with Gasteiger partial charge in [0.1, 0.15) is 0 Å². The molecule has 1 aliphatic carbocycles. The number of nitrogens with zero attached hydrogens (tertiary/aromatic N) is 4. The number of amides is 1. The molecule has 1 aliphatic heterocycles. The summed E-state index contributed by atoms with van der Waals surface area (Å²) >= 11 is 0. The van der Waals surface area contributed by atoms with Crippen LogP contribution in [0.25, 0.3) is 0 Å². The molecule has 6 nitrogen and oxygen atoms in total. The van der Waals surface area contributed by atoms with Gasteiger partial charge in [-0.25, -0.2) is 4.79 Å². The maximum Gasteiger partial charge on any atom is 0.407 e. The van der Waals surface area contributed by atoms with Crippen molar-refractivity contribution in [1.29, 1.82) is 5.26 Å². The fourth-order valence-electron chi connectivity index (χ4n) is 4.09. The van der Waals surface area contributed by atoms with E-state index >= 15 is 0 Å². The van der Waals surface area contributed by atoms with Gasteiger partial charge in [-0.3, -0.25) is 9.88 Å². The van der Waals surface area contributed by atoms with E-state index in [1.54, 1.807) is 12.4 Å². The summed E-state index contributed by atoms with van der Waals surface area (Å²) in [5.74, 6) is 0. The standard InChI is InChI=1S/C18H24N4O2/c19-14-18(15-4-8-20-9-5-15)6-2-16(3-7-18)21-10-1-11-22(13-12-21)17(23)24/h4-5,8-9,16H,1-3,6-7,10-13H2,(H,23,24). The first-order valence-corrected chi connectivity index (χ1v) is 8.68. The van der Waals surface area contributed by atoms with E-state index in [1.165, 1.54) is 4.90 Å². The van der Waals surface area contributed by atoms with Crippen molar-refractivity contribution in [3.05, 3.63) is 30.1 Å². The lowest BCUT2D eigenvalue weighted by molar-refractivity contribution is 0.131. The average Bonchev–Trinajstić information content (AvgIpc) is 2.89. The number of carboxylic acid groups (broad SMARTS) is 1. The van der Waals surface area contributed by atoms with E-state index in [0.717, 1.165) is 50.8 Å². The van der Waals surface area contributed by atoms with Crippen LogP contribution in [-0.2, 0) is 5.41 Å². The number of rotatable bonds is 2. The van der Waals surface area contributed by atoms with Crippen molar-refractivity contribution in [3.8, 4) is 6.07 Å². The lowest BCUT2D eigenvalue weighted by Gasteiger charge is -2.40. The topological polar surface area (TPSA) is 80.5 Å². The minimum absolute atomic E-state index is 0.390. The molecule has 0 aromatic carbocycles. The molecule has 0 bridgehead atoms. The Balaban J connectivity index is 1.62. The molecule has 1 N–H and O–H groups in total. The van der Waals surface area contributed by atoms with Crippen LogP contribution in [0, 0.1) is 11.3 Å². The smallest absolute Gasteiger partial charge is 0.407 e. The van der Waals surface area contributed by atoms with Crippen molar-refractivity contribution in [3.63, 3.8) is 0 Å². The zero-order chi connectivity index (χ0) is 17.0. The molecule has 1 aromatic rings. The molecule has 2 fully saturated rings. The van der Waals surface area contributed by atoms with E-state index in [-0.39, 0.29) is 0 Å². The van der Waals surface area contributed by atoms with Gasteiger partial charge in [0.05, 0.1) is 11.5 Å². The number of hydrogen-bond acceptors (Lipinski definition) is 4. The number of pyridine rings is 1. The van der Waals surface area contributed by atoms with E-state index in [4.69, 9.17) is 5.11 Å². The first-order chi connectivity index (χ1) is 11.6. The molecule has 128 valence electrons. The Morgan fingerprint density at radius 2 is 1.92 bits per heavy atom. The SMILES string of the molecule is N#CC1(c2ccncc2)CCC(N2CCCN(C(=O)O)CC2)CC1. The molecule has 0 radical (unpaired) electrons. The van der Waals surface area contributed by atoms with Crippen molar-refractivity contribution in [1.82, 2.24) is 14.8 Å². The van der Waals surface area contributed by atoms with Gasteiger partial charge in [-0.15, -0.1) is 0 Å². The van der Waals surface area contributed by atoms with Crippen LogP contribution in [0.3, 0.4) is 0 Å². The minimum atomic E-state index is -0.818. The lowest BCUT2D eigenvalue weighted by Crippen LogP contribution is -2.44. The predicted octanol–water partition coefficient (Wildman–Crippen LogP) is 2.47. The predicted molar refractivity (Wildman–Crippen MR) is 89.6 cm³/mol. The Morgan fingerprint density at radius 1 is 1.21 bits per heavy atom. The molecule has 0 spiro atoms. The summed E-state index contributed by atoms with van der Waals surface area (Å²) in [5, 5.41) is 18.9. The van der Waals surface area contributed by atoms with Crippen LogP contribution >= 0.6 is 0 Å². The Labute approximate surface area is 142 Å². The molecule has 2 heterocycles. The maximum atomic E-state index is 11.1. The largest absolute Gasteiger partial charge is 0.465 e. The van der Waals surface area contributed by atoms with Gasteiger partial charge in [0.25, 0.3) is 0 Å². The molecule has 1 amide bonds. The second-order valence-corrected chi connectivity index (χ2v) is 6.82. The van der Waals surface area contributed by atoms with Crippen LogP contribution in [0.4, 0.5) is 4.79 Å². The molecule has 2 aliphatic rings. The van der Waals surface area contributed by atoms with Gasteiger partial charge >= 0.3 is 6.09 Å². The second kappa shape index (κ2) is 7.18. The summed E-state index contributed by atoms with van der Waals surface area (Å²) in [4.78, 5) is 19.1. The van der Waals surface area contributed by atoms with Gasteiger partial charge < -0.3 is 10.0 Å². The van der Waals surface area contributed by atoms with Crippen LogP contribution in [0.15, 0.2) is 24.5 Å². The Morgan fingerprint density at radius 3 is 2.54 bits per heavy atom. The van der Waals surface area contributed by atoms with Gasteiger partial charge in [0.15, 0.2) is 0 Å². The second-order valence-electron chi connectivity index (χ2n) is 6.82. The van der Waals surface area contributed by atoms with E-state index in [2.05, 4.69) is 16.0 Å². The lowest BCUT2D eigenvalue weighted by atomic mass is 9.69. The zero-order valence-corrected chi connectivity index (χ0v) is 13.9. The third-order valence-corrected chi connectivity index (χ3v) is 5.57. The molecule has 0 atom stereocenters. The van der Waals surface area contributed by atoms with Gasteiger partial charge in [-0.05, 0) is 49.8 Å². The fourth-order valence-corrected chi connectivity index (χ4v) is 4.09. The molecule has 24 heavy (non-hydrogen) atoms. The summed E-state index contributed by atoms with van der Waals surface area (Å²) in [7, 11) is 0. The molecule has 1 saturated carbocycles. The minimum Gasteiger partial charge on any atom is -0.465 e. The molecular weight excluding hydrogens is 304 g/mol. The quantitative estimate of drug-likeness (QED) is 0.902. The van der Waals surface area contributed by atoms with Gasteiger partial charge in [-0.1, -0.05) is 0 Å². The van der Waals surface area contributed by atoms with Crippen molar-refractivity contribution in [2.24, 2.45) is 0 Å². The fraction of sp³-hybridized carbons (Fsp3) is 0.611.